The highest BCUT2D eigenvalue weighted by atomic mass is 35.5. The Morgan fingerprint density at radius 2 is 2.09 bits per heavy atom. The monoisotopic (exact) mass is 321 g/mol. The number of nitrogens with one attached hydrogen (secondary N) is 1. The van der Waals surface area contributed by atoms with Crippen molar-refractivity contribution < 1.29 is 9.90 Å². The third kappa shape index (κ3) is 4.58. The van der Waals surface area contributed by atoms with Crippen LogP contribution in [0.4, 0.5) is 0 Å². The number of halogens is 1. The number of nitrogens with zero attached hydrogens (tertiary/aromatic N) is 2. The van der Waals surface area contributed by atoms with Crippen LogP contribution in [0.15, 0.2) is 30.5 Å². The van der Waals surface area contributed by atoms with Crippen LogP contribution in [0.5, 0.6) is 0 Å². The maximum absolute atomic E-state index is 11.9. The highest BCUT2D eigenvalue weighted by Gasteiger charge is 2.11. The zero-order valence-corrected chi connectivity index (χ0v) is 13.5. The van der Waals surface area contributed by atoms with Crippen LogP contribution in [-0.2, 0) is 18.3 Å². The summed E-state index contributed by atoms with van der Waals surface area (Å²) in [6.45, 7) is 2.12. The molecule has 0 aliphatic heterocycles. The molecule has 1 heterocycles. The van der Waals surface area contributed by atoms with Gasteiger partial charge in [-0.05, 0) is 36.6 Å². The van der Waals surface area contributed by atoms with E-state index in [4.69, 9.17) is 11.6 Å². The molecule has 0 saturated heterocycles. The number of hydrogen-bond acceptors (Lipinski definition) is 3. The van der Waals surface area contributed by atoms with Crippen molar-refractivity contribution in [1.82, 2.24) is 15.1 Å². The molecular weight excluding hydrogens is 302 g/mol. The summed E-state index contributed by atoms with van der Waals surface area (Å²) in [7, 11) is 1.86. The summed E-state index contributed by atoms with van der Waals surface area (Å²) >= 11 is 5.80. The molecule has 1 aromatic heterocycles. The SMILES string of the molecule is Cc1nn(C)cc1CCC(=O)NCC(O)c1ccc(Cl)cc1. The molecule has 0 radical (unpaired) electrons. The van der Waals surface area contributed by atoms with E-state index in [2.05, 4.69) is 10.4 Å². The first-order valence-corrected chi connectivity index (χ1v) is 7.53. The van der Waals surface area contributed by atoms with E-state index >= 15 is 0 Å². The predicted molar refractivity (Wildman–Crippen MR) is 85.7 cm³/mol. The van der Waals surface area contributed by atoms with E-state index in [-0.39, 0.29) is 12.5 Å². The summed E-state index contributed by atoms with van der Waals surface area (Å²) in [6, 6.07) is 6.93. The Kier molecular flexibility index (Phi) is 5.57. The van der Waals surface area contributed by atoms with E-state index in [0.29, 0.717) is 17.9 Å². The Labute approximate surface area is 134 Å². The molecule has 1 atom stereocenters. The minimum Gasteiger partial charge on any atom is -0.387 e. The highest BCUT2D eigenvalue weighted by molar-refractivity contribution is 6.30. The second kappa shape index (κ2) is 7.42. The zero-order valence-electron chi connectivity index (χ0n) is 12.7. The van der Waals surface area contributed by atoms with Crippen LogP contribution >= 0.6 is 11.6 Å². The van der Waals surface area contributed by atoms with Gasteiger partial charge in [0.1, 0.15) is 0 Å². The molecule has 0 bridgehead atoms. The van der Waals surface area contributed by atoms with E-state index in [9.17, 15) is 9.90 Å². The van der Waals surface area contributed by atoms with Crippen LogP contribution in [0.3, 0.4) is 0 Å². The Hall–Kier alpha value is -1.85. The zero-order chi connectivity index (χ0) is 16.1. The number of hydrogen-bond donors (Lipinski definition) is 2. The first-order valence-electron chi connectivity index (χ1n) is 7.15. The van der Waals surface area contributed by atoms with Crippen LogP contribution in [0.2, 0.25) is 5.02 Å². The molecule has 118 valence electrons. The van der Waals surface area contributed by atoms with Crippen LogP contribution in [0, 0.1) is 6.92 Å². The third-order valence-corrected chi connectivity index (χ3v) is 3.74. The fourth-order valence-corrected chi connectivity index (χ4v) is 2.37. The van der Waals surface area contributed by atoms with Gasteiger partial charge in [-0.25, -0.2) is 0 Å². The molecule has 0 saturated carbocycles. The lowest BCUT2D eigenvalue weighted by Gasteiger charge is -2.12. The maximum Gasteiger partial charge on any atom is 0.220 e. The second-order valence-electron chi connectivity index (χ2n) is 5.28. The van der Waals surface area contributed by atoms with Crippen molar-refractivity contribution in [3.05, 3.63) is 52.3 Å². The Morgan fingerprint density at radius 1 is 1.41 bits per heavy atom. The molecule has 22 heavy (non-hydrogen) atoms. The normalized spacial score (nSPS) is 12.2. The molecule has 5 nitrogen and oxygen atoms in total. The standard InChI is InChI=1S/C16H20ClN3O2/c1-11-13(10-20(2)19-11)5-8-16(22)18-9-15(21)12-3-6-14(17)7-4-12/h3-4,6-7,10,15,21H,5,8-9H2,1-2H3,(H,18,22). The summed E-state index contributed by atoms with van der Waals surface area (Å²) in [4.78, 5) is 11.9. The fourth-order valence-electron chi connectivity index (χ4n) is 2.24. The van der Waals surface area contributed by atoms with Crippen LogP contribution in [0.1, 0.15) is 29.3 Å². The first-order chi connectivity index (χ1) is 10.5. The van der Waals surface area contributed by atoms with E-state index in [0.717, 1.165) is 16.8 Å². The molecule has 1 aromatic carbocycles. The number of benzene rings is 1. The number of aliphatic hydroxyl groups is 1. The summed E-state index contributed by atoms with van der Waals surface area (Å²) in [5.74, 6) is -0.0868. The van der Waals surface area contributed by atoms with Crippen LogP contribution in [0.25, 0.3) is 0 Å². The largest absolute Gasteiger partial charge is 0.387 e. The number of aromatic nitrogens is 2. The van der Waals surface area contributed by atoms with Gasteiger partial charge in [0.25, 0.3) is 0 Å². The summed E-state index contributed by atoms with van der Waals surface area (Å²) in [5, 5.41) is 17.6. The predicted octanol–water partition coefficient (Wildman–Crippen LogP) is 2.16. The Balaban J connectivity index is 1.77. The van der Waals surface area contributed by atoms with Gasteiger partial charge < -0.3 is 10.4 Å². The number of carbonyl (C=O) groups is 1. The lowest BCUT2D eigenvalue weighted by Crippen LogP contribution is -2.28. The van der Waals surface area contributed by atoms with Crippen molar-refractivity contribution in [2.24, 2.45) is 7.05 Å². The van der Waals surface area contributed by atoms with Gasteiger partial charge in [0.2, 0.25) is 5.91 Å². The van der Waals surface area contributed by atoms with E-state index < -0.39 is 6.10 Å². The molecule has 6 heteroatoms. The van der Waals surface area contributed by atoms with Crippen LogP contribution < -0.4 is 5.32 Å². The van der Waals surface area contributed by atoms with E-state index in [1.807, 2.05) is 20.2 Å². The van der Waals surface area contributed by atoms with Crippen molar-refractivity contribution in [3.8, 4) is 0 Å². The van der Waals surface area contributed by atoms with E-state index in [1.54, 1.807) is 28.9 Å². The van der Waals surface area contributed by atoms with Crippen molar-refractivity contribution in [1.29, 1.82) is 0 Å². The van der Waals surface area contributed by atoms with Gasteiger partial charge in [-0.15, -0.1) is 0 Å². The Morgan fingerprint density at radius 3 is 2.68 bits per heavy atom. The number of rotatable bonds is 6. The van der Waals surface area contributed by atoms with Gasteiger partial charge in [0.05, 0.1) is 11.8 Å². The van der Waals surface area contributed by atoms with Crippen LogP contribution in [-0.4, -0.2) is 27.3 Å². The minimum absolute atomic E-state index is 0.0868. The molecule has 0 aliphatic rings. The molecule has 0 spiro atoms. The van der Waals surface area contributed by atoms with Crippen molar-refractivity contribution in [2.45, 2.75) is 25.9 Å². The lowest BCUT2D eigenvalue weighted by atomic mass is 10.1. The van der Waals surface area contributed by atoms with Gasteiger partial charge in [0, 0.05) is 31.2 Å². The molecule has 2 rings (SSSR count). The first kappa shape index (κ1) is 16.5. The molecule has 0 aliphatic carbocycles. The number of amides is 1. The third-order valence-electron chi connectivity index (χ3n) is 3.48. The second-order valence-corrected chi connectivity index (χ2v) is 5.72. The van der Waals surface area contributed by atoms with E-state index in [1.165, 1.54) is 0 Å². The summed E-state index contributed by atoms with van der Waals surface area (Å²) in [6.07, 6.45) is 2.20. The fraction of sp³-hybridized carbons (Fsp3) is 0.375. The molecule has 2 N–H and O–H groups in total. The quantitative estimate of drug-likeness (QED) is 0.857. The Bertz CT molecular complexity index is 637. The summed E-state index contributed by atoms with van der Waals surface area (Å²) in [5.41, 5.74) is 2.74. The lowest BCUT2D eigenvalue weighted by molar-refractivity contribution is -0.121. The molecule has 1 unspecified atom stereocenters. The van der Waals surface area contributed by atoms with Crippen molar-refractivity contribution >= 4 is 17.5 Å². The average Bonchev–Trinajstić information content (AvgIpc) is 2.81. The van der Waals surface area contributed by atoms with Gasteiger partial charge >= 0.3 is 0 Å². The number of aryl methyl sites for hydroxylation is 3. The van der Waals surface area contributed by atoms with Crippen molar-refractivity contribution in [2.75, 3.05) is 6.54 Å². The molecular formula is C16H20ClN3O2. The topological polar surface area (TPSA) is 67.2 Å². The molecule has 0 fully saturated rings. The highest BCUT2D eigenvalue weighted by Crippen LogP contribution is 2.15. The smallest absolute Gasteiger partial charge is 0.220 e. The molecule has 1 amide bonds. The summed E-state index contributed by atoms with van der Waals surface area (Å²) < 4.78 is 1.74. The van der Waals surface area contributed by atoms with Gasteiger partial charge in [0.15, 0.2) is 0 Å². The minimum atomic E-state index is -0.735. The van der Waals surface area contributed by atoms with Crippen molar-refractivity contribution in [3.63, 3.8) is 0 Å². The van der Waals surface area contributed by atoms with Gasteiger partial charge in [-0.3, -0.25) is 9.48 Å². The average molecular weight is 322 g/mol. The van der Waals surface area contributed by atoms with Gasteiger partial charge in [-0.1, -0.05) is 23.7 Å². The number of carbonyl (C=O) groups excluding carboxylic acids is 1. The maximum atomic E-state index is 11.9. The number of aliphatic hydroxyl groups excluding tert-OH is 1. The molecule has 2 aromatic rings. The van der Waals surface area contributed by atoms with Gasteiger partial charge in [-0.2, -0.15) is 5.10 Å².